The van der Waals surface area contributed by atoms with Crippen molar-refractivity contribution in [3.8, 4) is 0 Å². The van der Waals surface area contributed by atoms with Gasteiger partial charge in [-0.3, -0.25) is 0 Å². The molecule has 18 heavy (non-hydrogen) atoms. The number of nitrogens with one attached hydrogen (secondary N) is 1. The summed E-state index contributed by atoms with van der Waals surface area (Å²) in [5.41, 5.74) is 2.56. The quantitative estimate of drug-likeness (QED) is 0.891. The van der Waals surface area contributed by atoms with Crippen molar-refractivity contribution in [1.82, 2.24) is 5.32 Å². The number of benzene rings is 1. The molecule has 0 spiro atoms. The van der Waals surface area contributed by atoms with E-state index in [1.807, 2.05) is 6.07 Å². The summed E-state index contributed by atoms with van der Waals surface area (Å²) in [6, 6.07) is 6.89. The first-order valence-corrected chi connectivity index (χ1v) is 7.36. The average Bonchev–Trinajstić information content (AvgIpc) is 2.38. The fourth-order valence-corrected chi connectivity index (χ4v) is 2.93. The van der Waals surface area contributed by atoms with Gasteiger partial charge in [0.2, 0.25) is 0 Å². The maximum absolute atomic E-state index is 6.37. The Labute approximate surface area is 115 Å². The Morgan fingerprint density at radius 1 is 1.39 bits per heavy atom. The van der Waals surface area contributed by atoms with E-state index in [1.54, 1.807) is 0 Å². The standard InChI is InChI=1S/C15H23ClN2/c1-3-17-11-13-14(16)8-6-9-15(13)18-10-5-4-7-12(18)2/h6,8-9,12,17H,3-5,7,10-11H2,1-2H3. The number of hydrogen-bond acceptors (Lipinski definition) is 2. The minimum atomic E-state index is 0.623. The zero-order chi connectivity index (χ0) is 13.0. The Balaban J connectivity index is 2.27. The minimum absolute atomic E-state index is 0.623. The molecule has 1 unspecified atom stereocenters. The average molecular weight is 267 g/mol. The summed E-state index contributed by atoms with van der Waals surface area (Å²) in [6.45, 7) is 7.42. The highest BCUT2D eigenvalue weighted by Crippen LogP contribution is 2.31. The smallest absolute Gasteiger partial charge is 0.0471 e. The highest BCUT2D eigenvalue weighted by molar-refractivity contribution is 6.31. The second kappa shape index (κ2) is 6.44. The second-order valence-electron chi connectivity index (χ2n) is 5.06. The van der Waals surface area contributed by atoms with Crippen LogP contribution in [0.15, 0.2) is 18.2 Å². The van der Waals surface area contributed by atoms with Crippen LogP contribution in [0.1, 0.15) is 38.7 Å². The molecule has 0 aliphatic carbocycles. The molecule has 3 heteroatoms. The molecule has 1 fully saturated rings. The highest BCUT2D eigenvalue weighted by Gasteiger charge is 2.21. The lowest BCUT2D eigenvalue weighted by Gasteiger charge is -2.37. The van der Waals surface area contributed by atoms with E-state index in [1.165, 1.54) is 30.5 Å². The van der Waals surface area contributed by atoms with Crippen molar-refractivity contribution in [2.75, 3.05) is 18.0 Å². The lowest BCUT2D eigenvalue weighted by molar-refractivity contribution is 0.483. The molecule has 1 saturated heterocycles. The third-order valence-corrected chi connectivity index (χ3v) is 4.11. The van der Waals surface area contributed by atoms with Gasteiger partial charge in [0.1, 0.15) is 0 Å². The van der Waals surface area contributed by atoms with Crippen LogP contribution in [0.2, 0.25) is 5.02 Å². The first-order chi connectivity index (χ1) is 8.74. The molecule has 0 amide bonds. The predicted octanol–water partition coefficient (Wildman–Crippen LogP) is 3.83. The molecule has 2 rings (SSSR count). The lowest BCUT2D eigenvalue weighted by atomic mass is 10.0. The highest BCUT2D eigenvalue weighted by atomic mass is 35.5. The van der Waals surface area contributed by atoms with Gasteiger partial charge in [-0.1, -0.05) is 24.6 Å². The predicted molar refractivity (Wildman–Crippen MR) is 79.5 cm³/mol. The van der Waals surface area contributed by atoms with Crippen LogP contribution >= 0.6 is 11.6 Å². The van der Waals surface area contributed by atoms with Gasteiger partial charge in [-0.15, -0.1) is 0 Å². The van der Waals surface area contributed by atoms with Crippen molar-refractivity contribution < 1.29 is 0 Å². The molecule has 1 aromatic carbocycles. The molecule has 1 heterocycles. The van der Waals surface area contributed by atoms with E-state index in [9.17, 15) is 0 Å². The molecule has 0 aromatic heterocycles. The molecule has 1 atom stereocenters. The summed E-state index contributed by atoms with van der Waals surface area (Å²) in [6.07, 6.45) is 3.92. The summed E-state index contributed by atoms with van der Waals surface area (Å²) in [4.78, 5) is 2.52. The second-order valence-corrected chi connectivity index (χ2v) is 5.46. The molecule has 0 saturated carbocycles. The van der Waals surface area contributed by atoms with Gasteiger partial charge < -0.3 is 10.2 Å². The zero-order valence-corrected chi connectivity index (χ0v) is 12.1. The van der Waals surface area contributed by atoms with Crippen molar-refractivity contribution in [2.24, 2.45) is 0 Å². The molecule has 1 aliphatic heterocycles. The topological polar surface area (TPSA) is 15.3 Å². The summed E-state index contributed by atoms with van der Waals surface area (Å²) >= 11 is 6.37. The van der Waals surface area contributed by atoms with Crippen LogP contribution in [0.25, 0.3) is 0 Å². The van der Waals surface area contributed by atoms with Gasteiger partial charge in [-0.25, -0.2) is 0 Å². The van der Waals surface area contributed by atoms with Crippen LogP contribution in [-0.2, 0) is 6.54 Å². The van der Waals surface area contributed by atoms with Crippen LogP contribution < -0.4 is 10.2 Å². The summed E-state index contributed by atoms with van der Waals surface area (Å²) in [7, 11) is 0. The molecular formula is C15H23ClN2. The van der Waals surface area contributed by atoms with Gasteiger partial charge in [0.25, 0.3) is 0 Å². The van der Waals surface area contributed by atoms with E-state index in [4.69, 9.17) is 11.6 Å². The van der Waals surface area contributed by atoms with Gasteiger partial charge in [0, 0.05) is 35.4 Å². The Bertz CT molecular complexity index is 392. The van der Waals surface area contributed by atoms with Crippen molar-refractivity contribution in [3.05, 3.63) is 28.8 Å². The molecule has 0 bridgehead atoms. The van der Waals surface area contributed by atoms with Gasteiger partial charge in [0.15, 0.2) is 0 Å². The number of anilines is 1. The first kappa shape index (κ1) is 13.7. The van der Waals surface area contributed by atoms with Crippen LogP contribution in [-0.4, -0.2) is 19.1 Å². The van der Waals surface area contributed by atoms with E-state index < -0.39 is 0 Å². The van der Waals surface area contributed by atoms with Crippen LogP contribution in [0, 0.1) is 0 Å². The number of rotatable bonds is 4. The lowest BCUT2D eigenvalue weighted by Crippen LogP contribution is -2.38. The molecule has 2 nitrogen and oxygen atoms in total. The summed E-state index contributed by atoms with van der Waals surface area (Å²) < 4.78 is 0. The minimum Gasteiger partial charge on any atom is -0.369 e. The third-order valence-electron chi connectivity index (χ3n) is 3.76. The molecule has 1 N–H and O–H groups in total. The van der Waals surface area contributed by atoms with Crippen molar-refractivity contribution in [2.45, 2.75) is 45.7 Å². The Morgan fingerprint density at radius 2 is 2.22 bits per heavy atom. The first-order valence-electron chi connectivity index (χ1n) is 6.98. The van der Waals surface area contributed by atoms with Crippen LogP contribution in [0.5, 0.6) is 0 Å². The largest absolute Gasteiger partial charge is 0.369 e. The number of nitrogens with zero attached hydrogens (tertiary/aromatic N) is 1. The molecule has 1 aromatic rings. The third kappa shape index (κ3) is 2.99. The Kier molecular flexibility index (Phi) is 4.90. The van der Waals surface area contributed by atoms with Crippen molar-refractivity contribution >= 4 is 17.3 Å². The number of halogens is 1. The van der Waals surface area contributed by atoms with Crippen LogP contribution in [0.4, 0.5) is 5.69 Å². The Hall–Kier alpha value is -0.730. The van der Waals surface area contributed by atoms with E-state index in [-0.39, 0.29) is 0 Å². The SMILES string of the molecule is CCNCc1c(Cl)cccc1N1CCCCC1C. The van der Waals surface area contributed by atoms with Gasteiger partial charge in [0.05, 0.1) is 0 Å². The fraction of sp³-hybridized carbons (Fsp3) is 0.600. The maximum atomic E-state index is 6.37. The number of piperidine rings is 1. The zero-order valence-electron chi connectivity index (χ0n) is 11.4. The fourth-order valence-electron chi connectivity index (χ4n) is 2.70. The number of hydrogen-bond donors (Lipinski definition) is 1. The van der Waals surface area contributed by atoms with Gasteiger partial charge in [-0.2, -0.15) is 0 Å². The molecule has 0 radical (unpaired) electrons. The van der Waals surface area contributed by atoms with Crippen LogP contribution in [0.3, 0.4) is 0 Å². The van der Waals surface area contributed by atoms with E-state index in [0.717, 1.165) is 24.7 Å². The maximum Gasteiger partial charge on any atom is 0.0471 e. The van der Waals surface area contributed by atoms with Crippen molar-refractivity contribution in [1.29, 1.82) is 0 Å². The van der Waals surface area contributed by atoms with E-state index in [2.05, 4.69) is 36.2 Å². The monoisotopic (exact) mass is 266 g/mol. The molecule has 100 valence electrons. The van der Waals surface area contributed by atoms with E-state index >= 15 is 0 Å². The molecule has 1 aliphatic rings. The van der Waals surface area contributed by atoms with Gasteiger partial charge in [-0.05, 0) is 44.9 Å². The normalized spacial score (nSPS) is 20.2. The molecular weight excluding hydrogens is 244 g/mol. The van der Waals surface area contributed by atoms with Crippen molar-refractivity contribution in [3.63, 3.8) is 0 Å². The summed E-state index contributed by atoms with van der Waals surface area (Å²) in [5.74, 6) is 0. The van der Waals surface area contributed by atoms with Gasteiger partial charge >= 0.3 is 0 Å². The summed E-state index contributed by atoms with van der Waals surface area (Å²) in [5, 5.41) is 4.27. The Morgan fingerprint density at radius 3 is 2.94 bits per heavy atom. The van der Waals surface area contributed by atoms with E-state index in [0.29, 0.717) is 6.04 Å².